The molecule has 0 fully saturated rings. The first-order chi connectivity index (χ1) is 5.29. The highest BCUT2D eigenvalue weighted by Gasteiger charge is 1.95. The molecular weight excluding hydrogens is 227 g/mol. The van der Waals surface area contributed by atoms with Gasteiger partial charge in [0.15, 0.2) is 0 Å². The van der Waals surface area contributed by atoms with E-state index in [1.807, 2.05) is 11.6 Å². The first-order valence-corrected chi connectivity index (χ1v) is 4.79. The molecule has 0 aliphatic rings. The van der Waals surface area contributed by atoms with Gasteiger partial charge in [-0.25, -0.2) is 4.98 Å². The molecule has 1 heterocycles. The smallest absolute Gasteiger partial charge is 0.0937 e. The van der Waals surface area contributed by atoms with E-state index in [-0.39, 0.29) is 24.8 Å². The Hall–Kier alpha value is 0.170. The van der Waals surface area contributed by atoms with Crippen molar-refractivity contribution in [3.05, 3.63) is 16.6 Å². The lowest BCUT2D eigenvalue weighted by atomic mass is 10.3. The Morgan fingerprint density at radius 3 is 2.62 bits per heavy atom. The van der Waals surface area contributed by atoms with Gasteiger partial charge in [-0.2, -0.15) is 0 Å². The van der Waals surface area contributed by atoms with Crippen molar-refractivity contribution in [3.63, 3.8) is 0 Å². The third-order valence-electron chi connectivity index (χ3n) is 1.37. The summed E-state index contributed by atoms with van der Waals surface area (Å²) in [6.07, 6.45) is 2.91. The third kappa shape index (κ3) is 7.26. The van der Waals surface area contributed by atoms with Crippen molar-refractivity contribution >= 4 is 36.2 Å². The monoisotopic (exact) mass is 242 g/mol. The van der Waals surface area contributed by atoms with Gasteiger partial charge in [-0.1, -0.05) is 13.8 Å². The average Bonchev–Trinajstić information content (AvgIpc) is 2.39. The minimum atomic E-state index is 0. The number of halogens is 2. The van der Waals surface area contributed by atoms with E-state index < -0.39 is 0 Å². The summed E-state index contributed by atoms with van der Waals surface area (Å²) in [5.41, 5.74) is 0. The first kappa shape index (κ1) is 15.6. The molecule has 0 saturated heterocycles. The molecule has 78 valence electrons. The first-order valence-electron chi connectivity index (χ1n) is 3.91. The van der Waals surface area contributed by atoms with Gasteiger partial charge in [0.05, 0.1) is 5.01 Å². The van der Waals surface area contributed by atoms with Crippen molar-refractivity contribution in [3.8, 4) is 0 Å². The molecule has 0 saturated carbocycles. The lowest BCUT2D eigenvalue weighted by Gasteiger charge is -2.05. The SMILES string of the molecule is CC(C)NCCc1nccs1.Cl.Cl. The van der Waals surface area contributed by atoms with Gasteiger partial charge in [0.1, 0.15) is 0 Å². The maximum absolute atomic E-state index is 4.19. The van der Waals surface area contributed by atoms with Crippen LogP contribution in [0.5, 0.6) is 0 Å². The van der Waals surface area contributed by atoms with Crippen LogP contribution in [0.15, 0.2) is 11.6 Å². The van der Waals surface area contributed by atoms with Gasteiger partial charge < -0.3 is 5.32 Å². The zero-order chi connectivity index (χ0) is 8.10. The van der Waals surface area contributed by atoms with Crippen LogP contribution in [0.2, 0.25) is 0 Å². The molecule has 0 aromatic carbocycles. The predicted octanol–water partition coefficient (Wildman–Crippen LogP) is 2.53. The number of thiazole rings is 1. The third-order valence-corrected chi connectivity index (χ3v) is 2.21. The summed E-state index contributed by atoms with van der Waals surface area (Å²) >= 11 is 1.72. The van der Waals surface area contributed by atoms with Crippen LogP contribution < -0.4 is 5.32 Å². The van der Waals surface area contributed by atoms with Crippen LogP contribution in [-0.4, -0.2) is 17.6 Å². The van der Waals surface area contributed by atoms with Gasteiger partial charge in [-0.15, -0.1) is 36.2 Å². The normalized spacial score (nSPS) is 9.15. The van der Waals surface area contributed by atoms with Gasteiger partial charge in [0.25, 0.3) is 0 Å². The quantitative estimate of drug-likeness (QED) is 0.879. The molecule has 1 rings (SSSR count). The van der Waals surface area contributed by atoms with Crippen LogP contribution in [0.1, 0.15) is 18.9 Å². The molecule has 0 aliphatic heterocycles. The predicted molar refractivity (Wildman–Crippen MR) is 63.5 cm³/mol. The van der Waals surface area contributed by atoms with E-state index in [9.17, 15) is 0 Å². The highest BCUT2D eigenvalue weighted by molar-refractivity contribution is 7.09. The second kappa shape index (κ2) is 8.75. The number of aromatic nitrogens is 1. The summed E-state index contributed by atoms with van der Waals surface area (Å²) in [6.45, 7) is 5.34. The van der Waals surface area contributed by atoms with Crippen molar-refractivity contribution in [2.75, 3.05) is 6.54 Å². The lowest BCUT2D eigenvalue weighted by molar-refractivity contribution is 0.590. The molecule has 0 radical (unpaired) electrons. The molecule has 1 aromatic heterocycles. The van der Waals surface area contributed by atoms with Crippen LogP contribution >= 0.6 is 36.2 Å². The summed E-state index contributed by atoms with van der Waals surface area (Å²) in [5, 5.41) is 6.59. The van der Waals surface area contributed by atoms with Crippen LogP contribution in [-0.2, 0) is 6.42 Å². The number of nitrogens with one attached hydrogen (secondary N) is 1. The van der Waals surface area contributed by atoms with Crippen LogP contribution in [0, 0.1) is 0 Å². The largest absolute Gasteiger partial charge is 0.314 e. The molecule has 2 nitrogen and oxygen atoms in total. The van der Waals surface area contributed by atoms with Crippen LogP contribution in [0.25, 0.3) is 0 Å². The van der Waals surface area contributed by atoms with Gasteiger partial charge in [0.2, 0.25) is 0 Å². The van der Waals surface area contributed by atoms with Gasteiger partial charge in [0, 0.05) is 30.6 Å². The Labute approximate surface area is 96.0 Å². The summed E-state index contributed by atoms with van der Waals surface area (Å²) in [4.78, 5) is 4.19. The number of hydrogen-bond acceptors (Lipinski definition) is 3. The summed E-state index contributed by atoms with van der Waals surface area (Å²) in [5.74, 6) is 0. The number of hydrogen-bond donors (Lipinski definition) is 1. The second-order valence-electron chi connectivity index (χ2n) is 2.78. The Kier molecular flexibility index (Phi) is 10.5. The van der Waals surface area contributed by atoms with Crippen LogP contribution in [0.4, 0.5) is 0 Å². The molecule has 0 amide bonds. The molecular formula is C8H16Cl2N2S. The summed E-state index contributed by atoms with van der Waals surface area (Å²) < 4.78 is 0. The summed E-state index contributed by atoms with van der Waals surface area (Å²) in [7, 11) is 0. The topological polar surface area (TPSA) is 24.9 Å². The fourth-order valence-electron chi connectivity index (χ4n) is 0.844. The number of nitrogens with zero attached hydrogens (tertiary/aromatic N) is 1. The average molecular weight is 243 g/mol. The second-order valence-corrected chi connectivity index (χ2v) is 3.76. The number of rotatable bonds is 4. The van der Waals surface area contributed by atoms with Gasteiger partial charge >= 0.3 is 0 Å². The fourth-order valence-corrected chi connectivity index (χ4v) is 1.46. The van der Waals surface area contributed by atoms with Crippen molar-refractivity contribution in [1.82, 2.24) is 10.3 Å². The van der Waals surface area contributed by atoms with E-state index in [0.29, 0.717) is 6.04 Å². The Balaban J connectivity index is 0. The van der Waals surface area contributed by atoms with Crippen LogP contribution in [0.3, 0.4) is 0 Å². The summed E-state index contributed by atoms with van der Waals surface area (Å²) in [6, 6.07) is 0.579. The van der Waals surface area contributed by atoms with Crippen molar-refractivity contribution < 1.29 is 0 Å². The molecule has 0 bridgehead atoms. The molecule has 0 aliphatic carbocycles. The minimum absolute atomic E-state index is 0. The molecule has 5 heteroatoms. The van der Waals surface area contributed by atoms with E-state index >= 15 is 0 Å². The highest BCUT2D eigenvalue weighted by atomic mass is 35.5. The van der Waals surface area contributed by atoms with E-state index in [4.69, 9.17) is 0 Å². The highest BCUT2D eigenvalue weighted by Crippen LogP contribution is 2.03. The van der Waals surface area contributed by atoms with Crippen molar-refractivity contribution in [2.45, 2.75) is 26.3 Å². The Bertz CT molecular complexity index is 190. The zero-order valence-corrected chi connectivity index (χ0v) is 10.3. The van der Waals surface area contributed by atoms with Crippen molar-refractivity contribution in [2.24, 2.45) is 0 Å². The molecule has 0 unspecified atom stereocenters. The van der Waals surface area contributed by atoms with E-state index in [2.05, 4.69) is 24.1 Å². The van der Waals surface area contributed by atoms with E-state index in [1.54, 1.807) is 11.3 Å². The molecule has 0 spiro atoms. The lowest BCUT2D eigenvalue weighted by Crippen LogP contribution is -2.24. The van der Waals surface area contributed by atoms with Gasteiger partial charge in [-0.05, 0) is 0 Å². The molecule has 1 N–H and O–H groups in total. The standard InChI is InChI=1S/C8H14N2S.2ClH/c1-7(2)9-4-3-8-10-5-6-11-8;;/h5-7,9H,3-4H2,1-2H3;2*1H. The Morgan fingerprint density at radius 1 is 1.46 bits per heavy atom. The van der Waals surface area contributed by atoms with E-state index in [0.717, 1.165) is 13.0 Å². The minimum Gasteiger partial charge on any atom is -0.314 e. The molecule has 13 heavy (non-hydrogen) atoms. The molecule has 0 atom stereocenters. The van der Waals surface area contributed by atoms with E-state index in [1.165, 1.54) is 5.01 Å². The fraction of sp³-hybridized carbons (Fsp3) is 0.625. The molecule has 1 aromatic rings. The maximum Gasteiger partial charge on any atom is 0.0937 e. The maximum atomic E-state index is 4.19. The van der Waals surface area contributed by atoms with Crippen molar-refractivity contribution in [1.29, 1.82) is 0 Å². The Morgan fingerprint density at radius 2 is 2.15 bits per heavy atom. The zero-order valence-electron chi connectivity index (χ0n) is 7.82. The van der Waals surface area contributed by atoms with Gasteiger partial charge in [-0.3, -0.25) is 0 Å².